The van der Waals surface area contributed by atoms with Gasteiger partial charge < -0.3 is 4.57 Å². The summed E-state index contributed by atoms with van der Waals surface area (Å²) in [5.41, 5.74) is 3.79. The first-order valence-electron chi connectivity index (χ1n) is 5.84. The number of aromatic nitrogens is 2. The number of carbonyl (C=O) groups excluding carboxylic acids is 1. The Kier molecular flexibility index (Phi) is 3.74. The van der Waals surface area contributed by atoms with Gasteiger partial charge in [0.15, 0.2) is 0 Å². The first kappa shape index (κ1) is 12.3. The summed E-state index contributed by atoms with van der Waals surface area (Å²) < 4.78 is 2.10. The number of nitrogens with two attached hydrogens (primary N) is 1. The lowest BCUT2D eigenvalue weighted by Crippen LogP contribution is -2.29. The number of nitrogens with zero attached hydrogens (tertiary/aromatic N) is 2. The zero-order valence-electron chi connectivity index (χ0n) is 10.3. The van der Waals surface area contributed by atoms with E-state index in [-0.39, 0.29) is 5.91 Å². The van der Waals surface area contributed by atoms with E-state index in [9.17, 15) is 4.79 Å². The lowest BCUT2D eigenvalue weighted by Gasteiger charge is -2.07. The number of carbonyl (C=O) groups is 1. The molecule has 0 aliphatic rings. The molecule has 0 bridgehead atoms. The zero-order chi connectivity index (χ0) is 13.0. The standard InChI is InChI=1S/C13H16N4O/c1-2-12-15-7-8-17(12)9-10-3-5-11(6-4-10)13(18)16-14/h3-8H,2,9,14H2,1H3,(H,16,18). The molecule has 0 saturated carbocycles. The molecule has 1 amide bonds. The Hall–Kier alpha value is -2.14. The topological polar surface area (TPSA) is 72.9 Å². The Morgan fingerprint density at radius 3 is 2.72 bits per heavy atom. The van der Waals surface area contributed by atoms with Gasteiger partial charge >= 0.3 is 0 Å². The van der Waals surface area contributed by atoms with Crippen LogP contribution in [0.3, 0.4) is 0 Å². The molecule has 0 aliphatic carbocycles. The van der Waals surface area contributed by atoms with Gasteiger partial charge in [0.2, 0.25) is 0 Å². The molecule has 0 spiro atoms. The Labute approximate surface area is 106 Å². The molecule has 2 rings (SSSR count). The number of hydrazine groups is 1. The predicted octanol–water partition coefficient (Wildman–Crippen LogP) is 1.10. The van der Waals surface area contributed by atoms with Crippen molar-refractivity contribution in [2.45, 2.75) is 19.9 Å². The molecule has 94 valence electrons. The van der Waals surface area contributed by atoms with Gasteiger partial charge in [-0.15, -0.1) is 0 Å². The van der Waals surface area contributed by atoms with E-state index >= 15 is 0 Å². The van der Waals surface area contributed by atoms with E-state index in [1.807, 2.05) is 18.3 Å². The first-order chi connectivity index (χ1) is 8.74. The quantitative estimate of drug-likeness (QED) is 0.480. The van der Waals surface area contributed by atoms with Crippen LogP contribution in [-0.2, 0) is 13.0 Å². The second-order valence-electron chi connectivity index (χ2n) is 4.00. The molecule has 3 N–H and O–H groups in total. The van der Waals surface area contributed by atoms with Gasteiger partial charge in [-0.05, 0) is 17.7 Å². The Balaban J connectivity index is 2.13. The fraction of sp³-hybridized carbons (Fsp3) is 0.231. The number of imidazole rings is 1. The minimum atomic E-state index is -0.279. The fourth-order valence-corrected chi connectivity index (χ4v) is 1.84. The second kappa shape index (κ2) is 5.46. The van der Waals surface area contributed by atoms with E-state index in [1.54, 1.807) is 18.3 Å². The van der Waals surface area contributed by atoms with Crippen LogP contribution in [0.5, 0.6) is 0 Å². The maximum absolute atomic E-state index is 11.3. The van der Waals surface area contributed by atoms with Crippen LogP contribution >= 0.6 is 0 Å². The molecule has 5 heteroatoms. The summed E-state index contributed by atoms with van der Waals surface area (Å²) in [6.07, 6.45) is 4.66. The zero-order valence-corrected chi connectivity index (χ0v) is 10.3. The lowest BCUT2D eigenvalue weighted by atomic mass is 10.1. The van der Waals surface area contributed by atoms with E-state index in [1.165, 1.54) is 0 Å². The first-order valence-corrected chi connectivity index (χ1v) is 5.84. The maximum Gasteiger partial charge on any atom is 0.265 e. The molecule has 5 nitrogen and oxygen atoms in total. The largest absolute Gasteiger partial charge is 0.331 e. The molecular formula is C13H16N4O. The molecular weight excluding hydrogens is 228 g/mol. The summed E-state index contributed by atoms with van der Waals surface area (Å²) >= 11 is 0. The molecule has 0 fully saturated rings. The van der Waals surface area contributed by atoms with Gasteiger partial charge in [0.05, 0.1) is 0 Å². The highest BCUT2D eigenvalue weighted by Gasteiger charge is 2.04. The van der Waals surface area contributed by atoms with Crippen molar-refractivity contribution in [1.29, 1.82) is 0 Å². The summed E-state index contributed by atoms with van der Waals surface area (Å²) in [6.45, 7) is 2.83. The molecule has 0 aliphatic heterocycles. The predicted molar refractivity (Wildman–Crippen MR) is 68.8 cm³/mol. The molecule has 0 unspecified atom stereocenters. The molecule has 1 heterocycles. The summed E-state index contributed by atoms with van der Waals surface area (Å²) in [5.74, 6) is 5.85. The highest BCUT2D eigenvalue weighted by Crippen LogP contribution is 2.08. The van der Waals surface area contributed by atoms with Crippen molar-refractivity contribution in [3.8, 4) is 0 Å². The molecule has 0 atom stereocenters. The molecule has 2 aromatic rings. The Morgan fingerprint density at radius 1 is 1.39 bits per heavy atom. The van der Waals surface area contributed by atoms with Crippen molar-refractivity contribution in [2.75, 3.05) is 0 Å². The minimum Gasteiger partial charge on any atom is -0.331 e. The maximum atomic E-state index is 11.3. The van der Waals surface area contributed by atoms with Crippen molar-refractivity contribution >= 4 is 5.91 Å². The number of benzene rings is 1. The van der Waals surface area contributed by atoms with Crippen molar-refractivity contribution in [1.82, 2.24) is 15.0 Å². The van der Waals surface area contributed by atoms with Gasteiger partial charge in [-0.2, -0.15) is 0 Å². The van der Waals surface area contributed by atoms with E-state index in [0.29, 0.717) is 5.56 Å². The van der Waals surface area contributed by atoms with Crippen LogP contribution in [0.2, 0.25) is 0 Å². The number of rotatable bonds is 4. The van der Waals surface area contributed by atoms with Crippen molar-refractivity contribution in [3.05, 3.63) is 53.6 Å². The average Bonchev–Trinajstić information content (AvgIpc) is 2.86. The van der Waals surface area contributed by atoms with Crippen LogP contribution in [0.1, 0.15) is 28.7 Å². The smallest absolute Gasteiger partial charge is 0.265 e. The number of nitrogens with one attached hydrogen (secondary N) is 1. The summed E-state index contributed by atoms with van der Waals surface area (Å²) in [4.78, 5) is 15.6. The van der Waals surface area contributed by atoms with Crippen molar-refractivity contribution < 1.29 is 4.79 Å². The average molecular weight is 244 g/mol. The van der Waals surface area contributed by atoms with Crippen molar-refractivity contribution in [2.24, 2.45) is 5.84 Å². The highest BCUT2D eigenvalue weighted by atomic mass is 16.2. The van der Waals surface area contributed by atoms with Crippen molar-refractivity contribution in [3.63, 3.8) is 0 Å². The SMILES string of the molecule is CCc1nccn1Cc1ccc(C(=O)NN)cc1. The lowest BCUT2D eigenvalue weighted by molar-refractivity contribution is 0.0953. The molecule has 0 saturated heterocycles. The van der Waals surface area contributed by atoms with Gasteiger partial charge in [-0.3, -0.25) is 10.2 Å². The van der Waals surface area contributed by atoms with Crippen LogP contribution in [0.4, 0.5) is 0 Å². The Morgan fingerprint density at radius 2 is 2.11 bits per heavy atom. The van der Waals surface area contributed by atoms with Gasteiger partial charge in [-0.1, -0.05) is 19.1 Å². The van der Waals surface area contributed by atoms with Crippen LogP contribution in [0, 0.1) is 0 Å². The minimum absolute atomic E-state index is 0.279. The van der Waals surface area contributed by atoms with Crippen LogP contribution < -0.4 is 11.3 Å². The summed E-state index contributed by atoms with van der Waals surface area (Å²) in [5, 5.41) is 0. The third kappa shape index (κ3) is 2.57. The number of aryl methyl sites for hydroxylation is 1. The van der Waals surface area contributed by atoms with Crippen LogP contribution in [0.25, 0.3) is 0 Å². The monoisotopic (exact) mass is 244 g/mol. The van der Waals surface area contributed by atoms with Gasteiger partial charge in [-0.25, -0.2) is 10.8 Å². The molecule has 0 radical (unpaired) electrons. The Bertz CT molecular complexity index is 530. The van der Waals surface area contributed by atoms with Gasteiger partial charge in [0.1, 0.15) is 5.82 Å². The molecule has 1 aromatic carbocycles. The summed E-state index contributed by atoms with van der Waals surface area (Å²) in [6, 6.07) is 7.37. The number of amides is 1. The molecule has 1 aromatic heterocycles. The van der Waals surface area contributed by atoms with E-state index in [2.05, 4.69) is 21.9 Å². The second-order valence-corrected chi connectivity index (χ2v) is 4.00. The van der Waals surface area contributed by atoms with E-state index in [4.69, 9.17) is 5.84 Å². The number of hydrogen-bond acceptors (Lipinski definition) is 3. The fourth-order valence-electron chi connectivity index (χ4n) is 1.84. The summed E-state index contributed by atoms with van der Waals surface area (Å²) in [7, 11) is 0. The van der Waals surface area contributed by atoms with E-state index < -0.39 is 0 Å². The van der Waals surface area contributed by atoms with Crippen LogP contribution in [-0.4, -0.2) is 15.5 Å². The normalized spacial score (nSPS) is 10.3. The highest BCUT2D eigenvalue weighted by molar-refractivity contribution is 5.93. The number of hydrogen-bond donors (Lipinski definition) is 2. The van der Waals surface area contributed by atoms with Crippen LogP contribution in [0.15, 0.2) is 36.7 Å². The van der Waals surface area contributed by atoms with Gasteiger partial charge in [0.25, 0.3) is 5.91 Å². The third-order valence-corrected chi connectivity index (χ3v) is 2.82. The third-order valence-electron chi connectivity index (χ3n) is 2.82. The molecule has 18 heavy (non-hydrogen) atoms. The van der Waals surface area contributed by atoms with E-state index in [0.717, 1.165) is 24.4 Å². The van der Waals surface area contributed by atoms with Gasteiger partial charge in [0, 0.05) is 30.9 Å². The number of nitrogen functional groups attached to an aromatic ring is 1.